The zero-order chi connectivity index (χ0) is 25.7. The first kappa shape index (κ1) is 25.5. The van der Waals surface area contributed by atoms with Gasteiger partial charge in [-0.05, 0) is 54.3 Å². The molecule has 2 aromatic carbocycles. The summed E-state index contributed by atoms with van der Waals surface area (Å²) in [6.45, 7) is 1.18. The molecule has 10 heteroatoms. The second kappa shape index (κ2) is 11.4. The van der Waals surface area contributed by atoms with Gasteiger partial charge in [0.15, 0.2) is 0 Å². The van der Waals surface area contributed by atoms with Crippen molar-refractivity contribution in [2.45, 2.75) is 31.8 Å². The molecule has 8 nitrogen and oxygen atoms in total. The number of aliphatic carboxylic acids is 1. The summed E-state index contributed by atoms with van der Waals surface area (Å²) in [5.41, 5.74) is 3.01. The molecule has 1 aliphatic rings. The van der Waals surface area contributed by atoms with Crippen LogP contribution in [0.5, 0.6) is 0 Å². The molecule has 2 amide bonds. The smallest absolute Gasteiger partial charge is 0.326 e. The molecule has 0 unspecified atom stereocenters. The van der Waals surface area contributed by atoms with Gasteiger partial charge in [0, 0.05) is 18.5 Å². The Labute approximate surface area is 218 Å². The fourth-order valence-electron chi connectivity index (χ4n) is 3.91. The third kappa shape index (κ3) is 6.13. The quantitative estimate of drug-likeness (QED) is 0.350. The molecule has 3 aromatic rings. The van der Waals surface area contributed by atoms with Gasteiger partial charge in [0.25, 0.3) is 11.8 Å². The molecule has 1 aliphatic heterocycles. The monoisotopic (exact) mass is 526 g/mol. The number of nitrogens with zero attached hydrogens (tertiary/aromatic N) is 1. The van der Waals surface area contributed by atoms with Gasteiger partial charge in [-0.25, -0.2) is 9.78 Å². The van der Waals surface area contributed by atoms with E-state index in [9.17, 15) is 19.5 Å². The van der Waals surface area contributed by atoms with Gasteiger partial charge >= 0.3 is 5.97 Å². The van der Waals surface area contributed by atoms with Crippen molar-refractivity contribution in [3.63, 3.8) is 0 Å². The van der Waals surface area contributed by atoms with E-state index in [4.69, 9.17) is 23.2 Å². The van der Waals surface area contributed by atoms with Crippen molar-refractivity contribution < 1.29 is 19.5 Å². The van der Waals surface area contributed by atoms with Crippen LogP contribution in [-0.2, 0) is 24.2 Å². The number of hydrogen-bond acceptors (Lipinski definition) is 5. The Morgan fingerprint density at radius 1 is 1.00 bits per heavy atom. The molecule has 1 aromatic heterocycles. The van der Waals surface area contributed by atoms with E-state index in [1.807, 2.05) is 12.1 Å². The van der Waals surface area contributed by atoms with Crippen molar-refractivity contribution in [2.75, 3.05) is 11.9 Å². The van der Waals surface area contributed by atoms with Crippen molar-refractivity contribution in [3.05, 3.63) is 92.6 Å². The second-order valence-corrected chi connectivity index (χ2v) is 9.20. The van der Waals surface area contributed by atoms with E-state index in [1.165, 1.54) is 17.7 Å². The van der Waals surface area contributed by atoms with Crippen molar-refractivity contribution >= 4 is 46.8 Å². The van der Waals surface area contributed by atoms with Gasteiger partial charge in [-0.2, -0.15) is 0 Å². The number of amides is 2. The highest BCUT2D eigenvalue weighted by molar-refractivity contribution is 6.39. The fourth-order valence-corrected chi connectivity index (χ4v) is 4.48. The van der Waals surface area contributed by atoms with Crippen LogP contribution in [0.15, 0.2) is 54.6 Å². The average molecular weight is 527 g/mol. The van der Waals surface area contributed by atoms with Crippen molar-refractivity contribution in [1.82, 2.24) is 15.6 Å². The third-order valence-electron chi connectivity index (χ3n) is 5.83. The molecular formula is C26H24Cl2N4O4. The third-order valence-corrected chi connectivity index (χ3v) is 6.46. The minimum absolute atomic E-state index is 0.0110. The molecule has 0 fully saturated rings. The standard InChI is InChI=1S/C26H24Cl2N4O4/c27-19-4-1-5-20(28)22(19)25(34)32-21(26(35)36)13-15-6-8-17(9-7-15)24(33)30-14-18-11-10-16-3-2-12-29-23(16)31-18/h1,4-11,21H,2-3,12-14H2,(H,29,31)(H,30,33)(H,32,34)(H,35,36)/t21-/m0/s1. The van der Waals surface area contributed by atoms with Gasteiger partial charge in [0.05, 0.1) is 27.8 Å². The van der Waals surface area contributed by atoms with Gasteiger partial charge in [0.1, 0.15) is 11.9 Å². The van der Waals surface area contributed by atoms with Crippen LogP contribution in [0.4, 0.5) is 5.82 Å². The van der Waals surface area contributed by atoms with E-state index in [1.54, 1.807) is 30.3 Å². The maximum absolute atomic E-state index is 12.6. The Balaban J connectivity index is 1.36. The Kier molecular flexibility index (Phi) is 8.07. The molecule has 0 saturated heterocycles. The van der Waals surface area contributed by atoms with E-state index >= 15 is 0 Å². The number of rotatable bonds is 8. The molecule has 0 radical (unpaired) electrons. The number of carboxylic acids is 1. The minimum atomic E-state index is -1.21. The van der Waals surface area contributed by atoms with Gasteiger partial charge < -0.3 is 21.1 Å². The Morgan fingerprint density at radius 2 is 1.72 bits per heavy atom. The van der Waals surface area contributed by atoms with Crippen LogP contribution < -0.4 is 16.0 Å². The molecule has 2 heterocycles. The number of pyridine rings is 1. The van der Waals surface area contributed by atoms with Crippen molar-refractivity contribution in [1.29, 1.82) is 0 Å². The molecule has 0 bridgehead atoms. The summed E-state index contributed by atoms with van der Waals surface area (Å²) < 4.78 is 0. The second-order valence-electron chi connectivity index (χ2n) is 8.39. The lowest BCUT2D eigenvalue weighted by Gasteiger charge is -2.17. The zero-order valence-electron chi connectivity index (χ0n) is 19.2. The number of halogens is 2. The molecular weight excluding hydrogens is 503 g/mol. The Bertz CT molecular complexity index is 1280. The minimum Gasteiger partial charge on any atom is -0.480 e. The lowest BCUT2D eigenvalue weighted by atomic mass is 10.0. The van der Waals surface area contributed by atoms with E-state index in [0.717, 1.165) is 30.9 Å². The topological polar surface area (TPSA) is 120 Å². The van der Waals surface area contributed by atoms with Crippen LogP contribution in [0.2, 0.25) is 10.0 Å². The largest absolute Gasteiger partial charge is 0.480 e. The van der Waals surface area contributed by atoms with E-state index < -0.39 is 17.9 Å². The summed E-state index contributed by atoms with van der Waals surface area (Å²) in [6, 6.07) is 13.8. The zero-order valence-corrected chi connectivity index (χ0v) is 20.7. The fraction of sp³-hybridized carbons (Fsp3) is 0.231. The molecule has 4 rings (SSSR count). The Morgan fingerprint density at radius 3 is 2.42 bits per heavy atom. The molecule has 186 valence electrons. The number of aryl methyl sites for hydroxylation is 1. The Hall–Kier alpha value is -3.62. The highest BCUT2D eigenvalue weighted by atomic mass is 35.5. The summed E-state index contributed by atoms with van der Waals surface area (Å²) in [6.07, 6.45) is 2.08. The number of benzene rings is 2. The first-order chi connectivity index (χ1) is 17.3. The summed E-state index contributed by atoms with van der Waals surface area (Å²) in [5.74, 6) is -1.29. The van der Waals surface area contributed by atoms with Crippen LogP contribution in [0.25, 0.3) is 0 Å². The van der Waals surface area contributed by atoms with Crippen LogP contribution in [0.1, 0.15) is 44.0 Å². The number of hydrogen-bond donors (Lipinski definition) is 4. The van der Waals surface area contributed by atoms with Crippen molar-refractivity contribution in [2.24, 2.45) is 0 Å². The number of carbonyl (C=O) groups excluding carboxylic acids is 2. The maximum atomic E-state index is 12.6. The summed E-state index contributed by atoms with van der Waals surface area (Å²) >= 11 is 12.1. The predicted octanol–water partition coefficient (Wildman–Crippen LogP) is 4.10. The highest BCUT2D eigenvalue weighted by Crippen LogP contribution is 2.24. The van der Waals surface area contributed by atoms with Crippen LogP contribution in [0, 0.1) is 0 Å². The average Bonchev–Trinajstić information content (AvgIpc) is 2.87. The number of carboxylic acid groups (broad SMARTS) is 1. The molecule has 0 saturated carbocycles. The molecule has 36 heavy (non-hydrogen) atoms. The summed E-state index contributed by atoms with van der Waals surface area (Å²) in [5, 5.41) is 18.4. The SMILES string of the molecule is O=C(NCc1ccc2c(n1)NCCC2)c1ccc(C[C@H](NC(=O)c2c(Cl)cccc2Cl)C(=O)O)cc1. The lowest BCUT2D eigenvalue weighted by molar-refractivity contribution is -0.139. The van der Waals surface area contributed by atoms with Crippen LogP contribution in [-0.4, -0.2) is 40.5 Å². The van der Waals surface area contributed by atoms with Gasteiger partial charge in [-0.15, -0.1) is 0 Å². The molecule has 0 spiro atoms. The van der Waals surface area contributed by atoms with Crippen LogP contribution >= 0.6 is 23.2 Å². The number of fused-ring (bicyclic) bond motifs is 1. The molecule has 1 atom stereocenters. The maximum Gasteiger partial charge on any atom is 0.326 e. The van der Waals surface area contributed by atoms with E-state index in [0.29, 0.717) is 11.1 Å². The summed E-state index contributed by atoms with van der Waals surface area (Å²) in [7, 11) is 0. The highest BCUT2D eigenvalue weighted by Gasteiger charge is 2.24. The van der Waals surface area contributed by atoms with Crippen LogP contribution in [0.3, 0.4) is 0 Å². The molecule has 0 aliphatic carbocycles. The van der Waals surface area contributed by atoms with E-state index in [2.05, 4.69) is 20.9 Å². The molecule has 4 N–H and O–H groups in total. The first-order valence-electron chi connectivity index (χ1n) is 11.4. The number of carbonyl (C=O) groups is 3. The van der Waals surface area contributed by atoms with Gasteiger partial charge in [-0.1, -0.05) is 47.5 Å². The summed E-state index contributed by atoms with van der Waals surface area (Å²) in [4.78, 5) is 41.5. The number of aromatic nitrogens is 1. The van der Waals surface area contributed by atoms with E-state index in [-0.39, 0.29) is 34.5 Å². The van der Waals surface area contributed by atoms with Gasteiger partial charge in [-0.3, -0.25) is 9.59 Å². The number of nitrogens with one attached hydrogen (secondary N) is 3. The first-order valence-corrected chi connectivity index (χ1v) is 12.1. The van der Waals surface area contributed by atoms with Crippen molar-refractivity contribution in [3.8, 4) is 0 Å². The number of anilines is 1. The normalized spacial score (nSPS) is 13.2. The predicted molar refractivity (Wildman–Crippen MR) is 138 cm³/mol. The lowest BCUT2D eigenvalue weighted by Crippen LogP contribution is -2.42. The van der Waals surface area contributed by atoms with Gasteiger partial charge in [0.2, 0.25) is 0 Å².